The fourth-order valence-electron chi connectivity index (χ4n) is 2.07. The first-order chi connectivity index (χ1) is 10.4. The van der Waals surface area contributed by atoms with Crippen molar-refractivity contribution in [3.63, 3.8) is 0 Å². The Kier molecular flexibility index (Phi) is 4.75. The third-order valence-electron chi connectivity index (χ3n) is 3.60. The SMILES string of the molecule is CC1CC1C(=O)Nc1cccc(C(=O)NC(CF)C(=O)O)c1. The zero-order chi connectivity index (χ0) is 16.3. The van der Waals surface area contributed by atoms with Gasteiger partial charge in [-0.1, -0.05) is 13.0 Å². The van der Waals surface area contributed by atoms with Gasteiger partial charge < -0.3 is 15.7 Å². The van der Waals surface area contributed by atoms with Gasteiger partial charge >= 0.3 is 5.97 Å². The quantitative estimate of drug-likeness (QED) is 0.741. The fraction of sp³-hybridized carbons (Fsp3) is 0.400. The van der Waals surface area contributed by atoms with E-state index in [9.17, 15) is 18.8 Å². The van der Waals surface area contributed by atoms with Gasteiger partial charge in [0.15, 0.2) is 6.04 Å². The molecule has 1 aliphatic carbocycles. The number of carboxylic acid groups (broad SMARTS) is 1. The summed E-state index contributed by atoms with van der Waals surface area (Å²) in [6, 6.07) is 4.50. The van der Waals surface area contributed by atoms with Gasteiger partial charge in [-0.2, -0.15) is 0 Å². The minimum absolute atomic E-state index is 0.000381. The summed E-state index contributed by atoms with van der Waals surface area (Å²) in [7, 11) is 0. The maximum atomic E-state index is 12.5. The normalized spacial score (nSPS) is 20.8. The lowest BCUT2D eigenvalue weighted by atomic mass is 10.1. The predicted octanol–water partition coefficient (Wildman–Crippen LogP) is 1.43. The van der Waals surface area contributed by atoms with Crippen LogP contribution in [0.1, 0.15) is 23.7 Å². The summed E-state index contributed by atoms with van der Waals surface area (Å²) in [4.78, 5) is 34.5. The Bertz CT molecular complexity index is 605. The molecule has 22 heavy (non-hydrogen) atoms. The van der Waals surface area contributed by atoms with Crippen molar-refractivity contribution in [1.82, 2.24) is 5.32 Å². The average Bonchev–Trinajstić information content (AvgIpc) is 3.21. The molecule has 118 valence electrons. The summed E-state index contributed by atoms with van der Waals surface area (Å²) in [6.45, 7) is 0.786. The Morgan fingerprint density at radius 2 is 2.09 bits per heavy atom. The summed E-state index contributed by atoms with van der Waals surface area (Å²) in [5.74, 6) is -1.88. The number of nitrogens with one attached hydrogen (secondary N) is 2. The lowest BCUT2D eigenvalue weighted by molar-refractivity contribution is -0.139. The number of halogens is 1. The topological polar surface area (TPSA) is 95.5 Å². The summed E-state index contributed by atoms with van der Waals surface area (Å²) in [6.07, 6.45) is 0.850. The third-order valence-corrected chi connectivity index (χ3v) is 3.60. The van der Waals surface area contributed by atoms with Crippen molar-refractivity contribution >= 4 is 23.5 Å². The molecule has 0 heterocycles. The van der Waals surface area contributed by atoms with Gasteiger partial charge in [0.05, 0.1) is 0 Å². The predicted molar refractivity (Wildman–Crippen MR) is 77.2 cm³/mol. The second-order valence-electron chi connectivity index (χ2n) is 5.41. The molecule has 2 amide bonds. The maximum absolute atomic E-state index is 12.5. The van der Waals surface area contributed by atoms with Crippen LogP contribution in [-0.4, -0.2) is 35.6 Å². The van der Waals surface area contributed by atoms with Gasteiger partial charge in [0.2, 0.25) is 5.91 Å². The number of hydrogen-bond donors (Lipinski definition) is 3. The first kappa shape index (κ1) is 15.9. The Morgan fingerprint density at radius 1 is 1.41 bits per heavy atom. The molecule has 7 heteroatoms. The highest BCUT2D eigenvalue weighted by Gasteiger charge is 2.39. The largest absolute Gasteiger partial charge is 0.480 e. The van der Waals surface area contributed by atoms with Gasteiger partial charge in [0, 0.05) is 17.2 Å². The molecule has 0 spiro atoms. The highest BCUT2D eigenvalue weighted by molar-refractivity contribution is 5.99. The standard InChI is InChI=1S/C15H17FN2O4/c1-8-5-11(8)14(20)17-10-4-2-3-9(6-10)13(19)18-12(7-16)15(21)22/h2-4,6,8,11-12H,5,7H2,1H3,(H,17,20)(H,18,19)(H,21,22). The van der Waals surface area contributed by atoms with E-state index in [0.717, 1.165) is 6.42 Å². The van der Waals surface area contributed by atoms with E-state index in [4.69, 9.17) is 5.11 Å². The van der Waals surface area contributed by atoms with Gasteiger partial charge in [-0.05, 0) is 30.5 Å². The van der Waals surface area contributed by atoms with Crippen LogP contribution in [0.4, 0.5) is 10.1 Å². The minimum Gasteiger partial charge on any atom is -0.480 e. The number of benzene rings is 1. The van der Waals surface area contributed by atoms with E-state index in [1.165, 1.54) is 12.1 Å². The first-order valence-corrected chi connectivity index (χ1v) is 6.93. The van der Waals surface area contributed by atoms with Crippen LogP contribution in [0.5, 0.6) is 0 Å². The van der Waals surface area contributed by atoms with E-state index in [1.54, 1.807) is 12.1 Å². The van der Waals surface area contributed by atoms with Crippen LogP contribution in [0.15, 0.2) is 24.3 Å². The molecule has 1 aromatic carbocycles. The van der Waals surface area contributed by atoms with E-state index in [2.05, 4.69) is 10.6 Å². The van der Waals surface area contributed by atoms with E-state index >= 15 is 0 Å². The molecule has 3 N–H and O–H groups in total. The number of anilines is 1. The van der Waals surface area contributed by atoms with Crippen LogP contribution in [0.3, 0.4) is 0 Å². The maximum Gasteiger partial charge on any atom is 0.328 e. The Hall–Kier alpha value is -2.44. The van der Waals surface area contributed by atoms with Crippen molar-refractivity contribution in [2.75, 3.05) is 12.0 Å². The number of alkyl halides is 1. The van der Waals surface area contributed by atoms with E-state index in [-0.39, 0.29) is 17.4 Å². The third kappa shape index (κ3) is 3.81. The van der Waals surface area contributed by atoms with Gasteiger partial charge in [-0.3, -0.25) is 9.59 Å². The molecule has 1 saturated carbocycles. The summed E-state index contributed by atoms with van der Waals surface area (Å²) in [5.41, 5.74) is 0.602. The molecule has 1 aromatic rings. The van der Waals surface area contributed by atoms with Crippen LogP contribution in [0, 0.1) is 11.8 Å². The van der Waals surface area contributed by atoms with Gasteiger partial charge in [-0.25, -0.2) is 9.18 Å². The molecule has 1 aliphatic rings. The molecule has 3 atom stereocenters. The number of carboxylic acids is 1. The Labute approximate surface area is 126 Å². The summed E-state index contributed by atoms with van der Waals surface area (Å²) < 4.78 is 12.5. The molecular weight excluding hydrogens is 291 g/mol. The summed E-state index contributed by atoms with van der Waals surface area (Å²) >= 11 is 0. The highest BCUT2D eigenvalue weighted by atomic mass is 19.1. The van der Waals surface area contributed by atoms with Crippen molar-refractivity contribution in [2.24, 2.45) is 11.8 Å². The molecule has 0 saturated heterocycles. The number of hydrogen-bond acceptors (Lipinski definition) is 3. The lowest BCUT2D eigenvalue weighted by Crippen LogP contribution is -2.42. The van der Waals surface area contributed by atoms with E-state index in [0.29, 0.717) is 11.6 Å². The van der Waals surface area contributed by atoms with Crippen molar-refractivity contribution in [3.05, 3.63) is 29.8 Å². The second kappa shape index (κ2) is 6.55. The number of carbonyl (C=O) groups excluding carboxylic acids is 2. The van der Waals surface area contributed by atoms with Crippen molar-refractivity contribution in [1.29, 1.82) is 0 Å². The van der Waals surface area contributed by atoms with Gasteiger partial charge in [0.1, 0.15) is 6.67 Å². The molecule has 0 bridgehead atoms. The lowest BCUT2D eigenvalue weighted by Gasteiger charge is -2.11. The Balaban J connectivity index is 2.02. The van der Waals surface area contributed by atoms with Crippen molar-refractivity contribution in [2.45, 2.75) is 19.4 Å². The zero-order valence-electron chi connectivity index (χ0n) is 12.0. The number of rotatable bonds is 6. The first-order valence-electron chi connectivity index (χ1n) is 6.93. The smallest absolute Gasteiger partial charge is 0.328 e. The molecule has 0 aromatic heterocycles. The number of amides is 2. The van der Waals surface area contributed by atoms with Crippen LogP contribution >= 0.6 is 0 Å². The molecule has 0 aliphatic heterocycles. The fourth-order valence-corrected chi connectivity index (χ4v) is 2.07. The Morgan fingerprint density at radius 3 is 2.64 bits per heavy atom. The van der Waals surface area contributed by atoms with Crippen molar-refractivity contribution in [3.8, 4) is 0 Å². The minimum atomic E-state index is -1.59. The zero-order valence-corrected chi connectivity index (χ0v) is 12.0. The van der Waals surface area contributed by atoms with E-state index < -0.39 is 24.6 Å². The van der Waals surface area contributed by atoms with E-state index in [1.807, 2.05) is 6.92 Å². The van der Waals surface area contributed by atoms with Crippen LogP contribution in [-0.2, 0) is 9.59 Å². The van der Waals surface area contributed by atoms with Gasteiger partial charge in [-0.15, -0.1) is 0 Å². The van der Waals surface area contributed by atoms with Crippen molar-refractivity contribution < 1.29 is 23.9 Å². The van der Waals surface area contributed by atoms with Gasteiger partial charge in [0.25, 0.3) is 5.91 Å². The number of carbonyl (C=O) groups is 3. The molecule has 3 unspecified atom stereocenters. The molecule has 2 rings (SSSR count). The molecule has 6 nitrogen and oxygen atoms in total. The van der Waals surface area contributed by atoms with Crippen LogP contribution in [0.25, 0.3) is 0 Å². The molecule has 0 radical (unpaired) electrons. The van der Waals surface area contributed by atoms with Crippen LogP contribution < -0.4 is 10.6 Å². The second-order valence-corrected chi connectivity index (χ2v) is 5.41. The molecular formula is C15H17FN2O4. The molecule has 1 fully saturated rings. The summed E-state index contributed by atoms with van der Waals surface area (Å²) in [5, 5.41) is 13.5. The van der Waals surface area contributed by atoms with Crippen LogP contribution in [0.2, 0.25) is 0 Å². The monoisotopic (exact) mass is 308 g/mol. The number of aliphatic carboxylic acids is 1. The average molecular weight is 308 g/mol. The highest BCUT2D eigenvalue weighted by Crippen LogP contribution is 2.38.